The Kier molecular flexibility index (Phi) is 4.74. The highest BCUT2D eigenvalue weighted by molar-refractivity contribution is 6.02. The van der Waals surface area contributed by atoms with E-state index >= 15 is 0 Å². The minimum absolute atomic E-state index is 0.258. The fraction of sp³-hybridized carbons (Fsp3) is 0.136. The summed E-state index contributed by atoms with van der Waals surface area (Å²) in [7, 11) is 1.92. The van der Waals surface area contributed by atoms with Gasteiger partial charge < -0.3 is 21.4 Å². The van der Waals surface area contributed by atoms with E-state index in [1.807, 2.05) is 73.3 Å². The van der Waals surface area contributed by atoms with Crippen LogP contribution in [0.15, 0.2) is 61.1 Å². The van der Waals surface area contributed by atoms with Gasteiger partial charge in [0.15, 0.2) is 0 Å². The van der Waals surface area contributed by atoms with Crippen molar-refractivity contribution < 1.29 is 4.79 Å². The fourth-order valence-corrected chi connectivity index (χ4v) is 3.51. The third-order valence-electron chi connectivity index (χ3n) is 5.01. The molecule has 0 aliphatic rings. The van der Waals surface area contributed by atoms with E-state index in [9.17, 15) is 4.79 Å². The van der Waals surface area contributed by atoms with E-state index in [-0.39, 0.29) is 5.91 Å². The topological polar surface area (TPSA) is 112 Å². The lowest BCUT2D eigenvalue weighted by molar-refractivity contribution is -0.117. The van der Waals surface area contributed by atoms with Gasteiger partial charge in [0.2, 0.25) is 5.91 Å². The maximum Gasteiger partial charge on any atom is 0.245 e. The highest BCUT2D eigenvalue weighted by Gasteiger charge is 2.18. The van der Waals surface area contributed by atoms with Crippen LogP contribution in [0.2, 0.25) is 0 Å². The van der Waals surface area contributed by atoms with Gasteiger partial charge in [-0.15, -0.1) is 0 Å². The van der Waals surface area contributed by atoms with E-state index in [0.29, 0.717) is 11.5 Å². The van der Waals surface area contributed by atoms with Crippen LogP contribution >= 0.6 is 0 Å². The molecule has 4 aromatic rings. The van der Waals surface area contributed by atoms with Gasteiger partial charge in [-0.1, -0.05) is 36.4 Å². The zero-order valence-corrected chi connectivity index (χ0v) is 16.3. The SMILES string of the molecule is Cc1cc(NC(=O)[C@H](N)c2ccccc2)ccc1-c1cn(C)c2ncnc(N)c12. The molecule has 0 saturated heterocycles. The van der Waals surface area contributed by atoms with Crippen molar-refractivity contribution in [3.8, 4) is 11.1 Å². The molecule has 7 nitrogen and oxygen atoms in total. The Bertz CT molecular complexity index is 1200. The summed E-state index contributed by atoms with van der Waals surface area (Å²) in [4.78, 5) is 21.0. The quantitative estimate of drug-likeness (QED) is 0.499. The number of carbonyl (C=O) groups is 1. The number of aromatic nitrogens is 3. The molecule has 0 radical (unpaired) electrons. The Hall–Kier alpha value is -3.71. The second-order valence-corrected chi connectivity index (χ2v) is 7.02. The van der Waals surface area contributed by atoms with Gasteiger partial charge in [0.25, 0.3) is 0 Å². The molecule has 1 amide bonds. The second kappa shape index (κ2) is 7.37. The molecule has 0 bridgehead atoms. The normalized spacial score (nSPS) is 12.1. The van der Waals surface area contributed by atoms with Gasteiger partial charge >= 0.3 is 0 Å². The van der Waals surface area contributed by atoms with Crippen LogP contribution in [-0.2, 0) is 11.8 Å². The van der Waals surface area contributed by atoms with Crippen LogP contribution in [0, 0.1) is 6.92 Å². The van der Waals surface area contributed by atoms with Crippen LogP contribution in [0.5, 0.6) is 0 Å². The minimum Gasteiger partial charge on any atom is -0.383 e. The lowest BCUT2D eigenvalue weighted by atomic mass is 10.00. The number of carbonyl (C=O) groups excluding carboxylic acids is 1. The first-order valence-electron chi connectivity index (χ1n) is 9.23. The van der Waals surface area contributed by atoms with Crippen molar-refractivity contribution in [1.29, 1.82) is 0 Å². The molecule has 146 valence electrons. The summed E-state index contributed by atoms with van der Waals surface area (Å²) in [6.45, 7) is 1.99. The number of anilines is 2. The number of rotatable bonds is 4. The molecule has 0 aliphatic carbocycles. The summed E-state index contributed by atoms with van der Waals surface area (Å²) in [5.74, 6) is 0.183. The van der Waals surface area contributed by atoms with Crippen molar-refractivity contribution in [2.24, 2.45) is 12.8 Å². The summed E-state index contributed by atoms with van der Waals surface area (Å²) in [5, 5.41) is 3.72. The van der Waals surface area contributed by atoms with Crippen LogP contribution in [0.1, 0.15) is 17.2 Å². The molecule has 0 aliphatic heterocycles. The molecule has 1 atom stereocenters. The van der Waals surface area contributed by atoms with Crippen LogP contribution < -0.4 is 16.8 Å². The van der Waals surface area contributed by atoms with Crippen molar-refractivity contribution in [1.82, 2.24) is 14.5 Å². The van der Waals surface area contributed by atoms with E-state index < -0.39 is 6.04 Å². The van der Waals surface area contributed by atoms with E-state index in [0.717, 1.165) is 33.3 Å². The molecule has 7 heteroatoms. The first-order chi connectivity index (χ1) is 14.0. The largest absolute Gasteiger partial charge is 0.383 e. The van der Waals surface area contributed by atoms with Crippen molar-refractivity contribution >= 4 is 28.4 Å². The summed E-state index contributed by atoms with van der Waals surface area (Å²) < 4.78 is 1.93. The molecule has 2 aromatic carbocycles. The molecule has 0 saturated carbocycles. The lowest BCUT2D eigenvalue weighted by Gasteiger charge is -2.14. The number of hydrogen-bond donors (Lipinski definition) is 3. The number of aryl methyl sites for hydroxylation is 2. The lowest BCUT2D eigenvalue weighted by Crippen LogP contribution is -2.27. The number of fused-ring (bicyclic) bond motifs is 1. The summed E-state index contributed by atoms with van der Waals surface area (Å²) in [6.07, 6.45) is 3.45. The standard InChI is InChI=1S/C22H22N6O/c1-13-10-15(27-22(29)19(23)14-6-4-3-5-7-14)8-9-16(13)17-11-28(2)21-18(17)20(24)25-12-26-21/h3-12,19H,23H2,1-2H3,(H,27,29)(H2,24,25,26)/t19-/m1/s1. The molecular formula is C22H22N6O. The zero-order chi connectivity index (χ0) is 20.5. The Morgan fingerprint density at radius 1 is 1.10 bits per heavy atom. The Morgan fingerprint density at radius 3 is 2.59 bits per heavy atom. The van der Waals surface area contributed by atoms with Crippen molar-refractivity contribution in [2.45, 2.75) is 13.0 Å². The Morgan fingerprint density at radius 2 is 1.86 bits per heavy atom. The second-order valence-electron chi connectivity index (χ2n) is 7.02. The predicted molar refractivity (Wildman–Crippen MR) is 115 cm³/mol. The predicted octanol–water partition coefficient (Wildman–Crippen LogP) is 3.16. The number of nitrogens with one attached hydrogen (secondary N) is 1. The highest BCUT2D eigenvalue weighted by atomic mass is 16.2. The number of hydrogen-bond acceptors (Lipinski definition) is 5. The third kappa shape index (κ3) is 3.43. The Labute approximate surface area is 168 Å². The van der Waals surface area contributed by atoms with E-state index in [2.05, 4.69) is 15.3 Å². The monoisotopic (exact) mass is 386 g/mol. The molecular weight excluding hydrogens is 364 g/mol. The summed E-state index contributed by atoms with van der Waals surface area (Å²) >= 11 is 0. The highest BCUT2D eigenvalue weighted by Crippen LogP contribution is 2.34. The summed E-state index contributed by atoms with van der Waals surface area (Å²) in [5.41, 5.74) is 17.4. The Balaban J connectivity index is 1.63. The van der Waals surface area contributed by atoms with Crippen molar-refractivity contribution in [3.63, 3.8) is 0 Å². The number of nitrogens with two attached hydrogens (primary N) is 2. The fourth-order valence-electron chi connectivity index (χ4n) is 3.51. The van der Waals surface area contributed by atoms with Crippen LogP contribution in [0.4, 0.5) is 11.5 Å². The first-order valence-corrected chi connectivity index (χ1v) is 9.23. The van der Waals surface area contributed by atoms with E-state index in [4.69, 9.17) is 11.5 Å². The molecule has 0 fully saturated rings. The van der Waals surface area contributed by atoms with Gasteiger partial charge in [-0.05, 0) is 35.7 Å². The maximum atomic E-state index is 12.5. The van der Waals surface area contributed by atoms with Gasteiger partial charge in [-0.25, -0.2) is 9.97 Å². The molecule has 2 heterocycles. The summed E-state index contributed by atoms with van der Waals surface area (Å²) in [6, 6.07) is 14.3. The van der Waals surface area contributed by atoms with Crippen molar-refractivity contribution in [3.05, 3.63) is 72.2 Å². The molecule has 0 spiro atoms. The number of benzene rings is 2. The van der Waals surface area contributed by atoms with Gasteiger partial charge in [-0.3, -0.25) is 4.79 Å². The molecule has 29 heavy (non-hydrogen) atoms. The molecule has 5 N–H and O–H groups in total. The average molecular weight is 386 g/mol. The smallest absolute Gasteiger partial charge is 0.245 e. The van der Waals surface area contributed by atoms with Crippen LogP contribution in [0.25, 0.3) is 22.2 Å². The van der Waals surface area contributed by atoms with Crippen LogP contribution in [-0.4, -0.2) is 20.4 Å². The van der Waals surface area contributed by atoms with Gasteiger partial charge in [0.05, 0.1) is 5.39 Å². The number of nitrogen functional groups attached to an aromatic ring is 1. The molecule has 0 unspecified atom stereocenters. The average Bonchev–Trinajstić information content (AvgIpc) is 3.06. The molecule has 2 aromatic heterocycles. The first kappa shape index (κ1) is 18.6. The van der Waals surface area contributed by atoms with Crippen molar-refractivity contribution in [2.75, 3.05) is 11.1 Å². The number of nitrogens with zero attached hydrogens (tertiary/aromatic N) is 3. The van der Waals surface area contributed by atoms with Gasteiger partial charge in [0.1, 0.15) is 23.8 Å². The zero-order valence-electron chi connectivity index (χ0n) is 16.3. The van der Waals surface area contributed by atoms with Crippen LogP contribution in [0.3, 0.4) is 0 Å². The van der Waals surface area contributed by atoms with Gasteiger partial charge in [-0.2, -0.15) is 0 Å². The minimum atomic E-state index is -0.730. The van der Waals surface area contributed by atoms with Gasteiger partial charge in [0, 0.05) is 24.5 Å². The number of amides is 1. The molecule has 4 rings (SSSR count). The van der Waals surface area contributed by atoms with E-state index in [1.54, 1.807) is 0 Å². The maximum absolute atomic E-state index is 12.5. The third-order valence-corrected chi connectivity index (χ3v) is 5.01. The van der Waals surface area contributed by atoms with E-state index in [1.165, 1.54) is 6.33 Å².